The van der Waals surface area contributed by atoms with E-state index in [4.69, 9.17) is 5.11 Å². The van der Waals surface area contributed by atoms with Crippen molar-refractivity contribution >= 4 is 27.6 Å². The molecule has 7 nitrogen and oxygen atoms in total. The molecule has 0 aliphatic heterocycles. The first-order chi connectivity index (χ1) is 8.60. The van der Waals surface area contributed by atoms with Crippen LogP contribution in [-0.4, -0.2) is 41.1 Å². The maximum atomic E-state index is 11.8. The Hall–Kier alpha value is -1.41. The van der Waals surface area contributed by atoms with E-state index in [9.17, 15) is 9.59 Å². The normalized spacial score (nSPS) is 10.2. The number of esters is 1. The third kappa shape index (κ3) is 3.81. The molecule has 0 aromatic carbocycles. The molecule has 1 aromatic rings. The number of hydrogen-bond donors (Lipinski definition) is 2. The largest absolute Gasteiger partial charge is 0.468 e. The summed E-state index contributed by atoms with van der Waals surface area (Å²) in [5.41, 5.74) is 0.101. The van der Waals surface area contributed by atoms with E-state index in [1.165, 1.54) is 13.3 Å². The number of halogens is 1. The zero-order valence-corrected chi connectivity index (χ0v) is 11.4. The topological polar surface area (TPSA) is 93.5 Å². The van der Waals surface area contributed by atoms with E-state index in [0.29, 0.717) is 23.1 Å². The molecule has 1 aromatic heterocycles. The van der Waals surface area contributed by atoms with E-state index in [1.54, 1.807) is 0 Å². The van der Waals surface area contributed by atoms with Crippen LogP contribution in [0.25, 0.3) is 0 Å². The molecule has 0 unspecified atom stereocenters. The summed E-state index contributed by atoms with van der Waals surface area (Å²) in [5, 5.41) is 15.5. The molecule has 0 spiro atoms. The molecule has 0 fully saturated rings. The van der Waals surface area contributed by atoms with Gasteiger partial charge in [0.2, 0.25) is 0 Å². The summed E-state index contributed by atoms with van der Waals surface area (Å²) in [6.07, 6.45) is 2.00. The number of nitrogens with zero attached hydrogens (tertiary/aromatic N) is 2. The number of aliphatic hydroxyl groups is 1. The summed E-state index contributed by atoms with van der Waals surface area (Å²) < 4.78 is 5.76. The summed E-state index contributed by atoms with van der Waals surface area (Å²) in [4.78, 5) is 22.9. The van der Waals surface area contributed by atoms with Crippen LogP contribution in [-0.2, 0) is 16.1 Å². The van der Waals surface area contributed by atoms with E-state index >= 15 is 0 Å². The van der Waals surface area contributed by atoms with Gasteiger partial charge in [0.15, 0.2) is 0 Å². The Bertz CT molecular complexity index is 475. The van der Waals surface area contributed by atoms with Crippen molar-refractivity contribution in [3.8, 4) is 0 Å². The van der Waals surface area contributed by atoms with Crippen LogP contribution < -0.4 is 10.9 Å². The predicted octanol–water partition coefficient (Wildman–Crippen LogP) is -0.0269. The highest BCUT2D eigenvalue weighted by Crippen LogP contribution is 2.15. The number of carbonyl (C=O) groups is 1. The first kappa shape index (κ1) is 14.7. The second-order valence-electron chi connectivity index (χ2n) is 3.42. The minimum Gasteiger partial charge on any atom is -0.468 e. The molecule has 1 heterocycles. The molecule has 100 valence electrons. The van der Waals surface area contributed by atoms with Gasteiger partial charge in [-0.15, -0.1) is 0 Å². The summed E-state index contributed by atoms with van der Waals surface area (Å²) in [5.74, 6) is -0.544. The monoisotopic (exact) mass is 319 g/mol. The van der Waals surface area contributed by atoms with Crippen LogP contribution in [0.5, 0.6) is 0 Å². The summed E-state index contributed by atoms with van der Waals surface area (Å²) in [6, 6.07) is 0. The Balaban J connectivity index is 2.84. The van der Waals surface area contributed by atoms with Crippen molar-refractivity contribution < 1.29 is 14.6 Å². The van der Waals surface area contributed by atoms with Crippen molar-refractivity contribution in [1.29, 1.82) is 0 Å². The molecule has 0 bridgehead atoms. The highest BCUT2D eigenvalue weighted by atomic mass is 79.9. The van der Waals surface area contributed by atoms with Crippen molar-refractivity contribution in [2.75, 3.05) is 25.6 Å². The number of aromatic nitrogens is 2. The molecule has 0 saturated heterocycles. The van der Waals surface area contributed by atoms with E-state index in [1.807, 2.05) is 0 Å². The second-order valence-corrected chi connectivity index (χ2v) is 4.21. The fourth-order valence-corrected chi connectivity index (χ4v) is 1.64. The summed E-state index contributed by atoms with van der Waals surface area (Å²) in [6.45, 7) is 0.361. The van der Waals surface area contributed by atoms with Gasteiger partial charge in [-0.05, 0) is 22.4 Å². The molecule has 0 aliphatic carbocycles. The van der Waals surface area contributed by atoms with Gasteiger partial charge in [0, 0.05) is 13.2 Å². The molecule has 8 heteroatoms. The number of ether oxygens (including phenoxy) is 1. The third-order valence-electron chi connectivity index (χ3n) is 2.14. The predicted molar refractivity (Wildman–Crippen MR) is 68.4 cm³/mol. The highest BCUT2D eigenvalue weighted by Gasteiger charge is 2.11. The van der Waals surface area contributed by atoms with Gasteiger partial charge in [0.25, 0.3) is 5.56 Å². The fourth-order valence-electron chi connectivity index (χ4n) is 1.19. The molecule has 0 radical (unpaired) electrons. The quantitative estimate of drug-likeness (QED) is 0.565. The molecule has 0 amide bonds. The van der Waals surface area contributed by atoms with Gasteiger partial charge < -0.3 is 15.2 Å². The molecule has 2 N–H and O–H groups in total. The lowest BCUT2D eigenvalue weighted by molar-refractivity contribution is -0.141. The van der Waals surface area contributed by atoms with Crippen LogP contribution in [0, 0.1) is 0 Å². The first-order valence-corrected chi connectivity index (χ1v) is 6.06. The molecule has 0 aliphatic rings. The van der Waals surface area contributed by atoms with E-state index in [2.05, 4.69) is 31.1 Å². The maximum absolute atomic E-state index is 11.8. The van der Waals surface area contributed by atoms with Crippen molar-refractivity contribution in [3.63, 3.8) is 0 Å². The SMILES string of the molecule is COC(=O)Cn1ncc(NCCCO)c(Br)c1=O. The zero-order chi connectivity index (χ0) is 13.5. The van der Waals surface area contributed by atoms with Gasteiger partial charge in [0.1, 0.15) is 11.0 Å². The van der Waals surface area contributed by atoms with Crippen LogP contribution in [0.4, 0.5) is 5.69 Å². The van der Waals surface area contributed by atoms with Crippen LogP contribution in [0.15, 0.2) is 15.5 Å². The maximum Gasteiger partial charge on any atom is 0.327 e. The molecule has 18 heavy (non-hydrogen) atoms. The van der Waals surface area contributed by atoms with Crippen LogP contribution in [0.1, 0.15) is 6.42 Å². The first-order valence-electron chi connectivity index (χ1n) is 5.27. The third-order valence-corrected chi connectivity index (χ3v) is 2.91. The number of hydrogen-bond acceptors (Lipinski definition) is 6. The lowest BCUT2D eigenvalue weighted by atomic mass is 10.4. The van der Waals surface area contributed by atoms with Crippen molar-refractivity contribution in [1.82, 2.24) is 9.78 Å². The lowest BCUT2D eigenvalue weighted by Gasteiger charge is -2.09. The minimum atomic E-state index is -0.544. The lowest BCUT2D eigenvalue weighted by Crippen LogP contribution is -2.28. The Morgan fingerprint density at radius 3 is 3.00 bits per heavy atom. The number of methoxy groups -OCH3 is 1. The Morgan fingerprint density at radius 2 is 2.39 bits per heavy atom. The van der Waals surface area contributed by atoms with E-state index in [-0.39, 0.29) is 13.2 Å². The average Bonchev–Trinajstić information content (AvgIpc) is 2.37. The van der Waals surface area contributed by atoms with E-state index < -0.39 is 11.5 Å². The van der Waals surface area contributed by atoms with Crippen molar-refractivity contribution in [2.24, 2.45) is 0 Å². The number of rotatable bonds is 6. The van der Waals surface area contributed by atoms with Crippen LogP contribution in [0.3, 0.4) is 0 Å². The summed E-state index contributed by atoms with van der Waals surface area (Å²) >= 11 is 3.14. The Labute approximate surface area is 112 Å². The molecule has 0 atom stereocenters. The fraction of sp³-hybridized carbons (Fsp3) is 0.500. The number of nitrogens with one attached hydrogen (secondary N) is 1. The Kier molecular flexibility index (Phi) is 5.79. The van der Waals surface area contributed by atoms with Crippen molar-refractivity contribution in [2.45, 2.75) is 13.0 Å². The molecule has 1 rings (SSSR count). The summed E-state index contributed by atoms with van der Waals surface area (Å²) in [7, 11) is 1.24. The van der Waals surface area contributed by atoms with E-state index in [0.717, 1.165) is 4.68 Å². The van der Waals surface area contributed by atoms with Gasteiger partial charge in [0.05, 0.1) is 19.0 Å². The van der Waals surface area contributed by atoms with Gasteiger partial charge in [-0.3, -0.25) is 9.59 Å². The zero-order valence-electron chi connectivity index (χ0n) is 9.85. The molecular formula is C10H14BrN3O4. The van der Waals surface area contributed by atoms with Gasteiger partial charge >= 0.3 is 5.97 Å². The van der Waals surface area contributed by atoms with Gasteiger partial charge in [-0.1, -0.05) is 0 Å². The second kappa shape index (κ2) is 7.12. The molecular weight excluding hydrogens is 306 g/mol. The van der Waals surface area contributed by atoms with Gasteiger partial charge in [-0.2, -0.15) is 5.10 Å². The minimum absolute atomic E-state index is 0.0669. The van der Waals surface area contributed by atoms with Gasteiger partial charge in [-0.25, -0.2) is 4.68 Å². The number of carbonyl (C=O) groups excluding carboxylic acids is 1. The average molecular weight is 320 g/mol. The molecule has 0 saturated carbocycles. The standard InChI is InChI=1S/C10H14BrN3O4/c1-18-8(16)6-14-10(17)9(11)7(5-13-14)12-3-2-4-15/h5,12,15H,2-4,6H2,1H3. The van der Waals surface area contributed by atoms with Crippen LogP contribution >= 0.6 is 15.9 Å². The number of anilines is 1. The highest BCUT2D eigenvalue weighted by molar-refractivity contribution is 9.10. The van der Waals surface area contributed by atoms with Crippen LogP contribution in [0.2, 0.25) is 0 Å². The van der Waals surface area contributed by atoms with Crippen molar-refractivity contribution in [3.05, 3.63) is 21.0 Å². The smallest absolute Gasteiger partial charge is 0.327 e. The number of aliphatic hydroxyl groups excluding tert-OH is 1. The Morgan fingerprint density at radius 1 is 1.67 bits per heavy atom.